The number of hydrogen-bond acceptors (Lipinski definition) is 7. The van der Waals surface area contributed by atoms with Crippen molar-refractivity contribution in [3.8, 4) is 0 Å². The van der Waals surface area contributed by atoms with E-state index in [0.29, 0.717) is 23.1 Å². The molecule has 4 rings (SSSR count). The van der Waals surface area contributed by atoms with Gasteiger partial charge in [0.1, 0.15) is 24.3 Å². The Labute approximate surface area is 229 Å². The molecule has 10 heteroatoms. The molecule has 2 atom stereocenters. The number of hydrogen-bond donors (Lipinski definition) is 2. The number of anilines is 3. The normalized spacial score (nSPS) is 15.2. The van der Waals surface area contributed by atoms with E-state index in [2.05, 4.69) is 40.3 Å². The zero-order chi connectivity index (χ0) is 25.1. The summed E-state index contributed by atoms with van der Waals surface area (Å²) in [4.78, 5) is 24.1. The minimum atomic E-state index is -0.695. The fourth-order valence-electron chi connectivity index (χ4n) is 4.28. The minimum Gasteiger partial charge on any atom is -0.459 e. The van der Waals surface area contributed by atoms with Crippen molar-refractivity contribution in [3.63, 3.8) is 0 Å². The Morgan fingerprint density at radius 1 is 1.16 bits per heavy atom. The van der Waals surface area contributed by atoms with Crippen LogP contribution in [0.4, 0.5) is 21.8 Å². The lowest BCUT2D eigenvalue weighted by atomic mass is 9.93. The number of halogens is 3. The number of benzene rings is 2. The van der Waals surface area contributed by atoms with Crippen molar-refractivity contribution < 1.29 is 13.9 Å². The number of aryl methyl sites for hydroxylation is 1. The van der Waals surface area contributed by atoms with Gasteiger partial charge in [0.25, 0.3) is 0 Å². The molecule has 2 heterocycles. The highest BCUT2D eigenvalue weighted by Crippen LogP contribution is 2.36. The molecular formula is C27H34Cl2FN5O2. The molecule has 7 nitrogen and oxygen atoms in total. The molecule has 0 bridgehead atoms. The van der Waals surface area contributed by atoms with Gasteiger partial charge in [0.2, 0.25) is 5.95 Å². The Hall–Kier alpha value is -2.94. The van der Waals surface area contributed by atoms with Crippen LogP contribution in [0.5, 0.6) is 0 Å². The summed E-state index contributed by atoms with van der Waals surface area (Å²) >= 11 is 0. The predicted molar refractivity (Wildman–Crippen MR) is 149 cm³/mol. The van der Waals surface area contributed by atoms with Gasteiger partial charge in [0.15, 0.2) is 0 Å². The number of carbonyl (C=O) groups is 1. The van der Waals surface area contributed by atoms with Crippen LogP contribution in [0.1, 0.15) is 49.2 Å². The van der Waals surface area contributed by atoms with Crippen molar-refractivity contribution in [2.75, 3.05) is 16.8 Å². The van der Waals surface area contributed by atoms with Crippen LogP contribution < -0.4 is 16.0 Å². The maximum absolute atomic E-state index is 13.4. The monoisotopic (exact) mass is 549 g/mol. The second kappa shape index (κ2) is 13.0. The number of nitrogens with one attached hydrogen (secondary N) is 1. The highest BCUT2D eigenvalue weighted by atomic mass is 35.5. The maximum Gasteiger partial charge on any atom is 0.323 e. The van der Waals surface area contributed by atoms with E-state index in [9.17, 15) is 9.18 Å². The zero-order valence-electron chi connectivity index (χ0n) is 21.4. The zero-order valence-corrected chi connectivity index (χ0v) is 23.0. The Morgan fingerprint density at radius 3 is 2.51 bits per heavy atom. The molecule has 0 aliphatic carbocycles. The van der Waals surface area contributed by atoms with Crippen LogP contribution in [0, 0.1) is 18.7 Å². The number of carbonyl (C=O) groups excluding carboxylic acids is 1. The Morgan fingerprint density at radius 2 is 1.84 bits per heavy atom. The van der Waals surface area contributed by atoms with Crippen molar-refractivity contribution in [2.45, 2.75) is 52.8 Å². The molecule has 1 unspecified atom stereocenters. The molecule has 0 amide bonds. The molecule has 0 fully saturated rings. The van der Waals surface area contributed by atoms with Gasteiger partial charge in [0.05, 0.1) is 17.3 Å². The second-order valence-electron chi connectivity index (χ2n) is 9.26. The molecule has 0 saturated carbocycles. The molecule has 2 aromatic carbocycles. The first kappa shape index (κ1) is 30.3. The fraction of sp³-hybridized carbons (Fsp3) is 0.370. The fourth-order valence-corrected chi connectivity index (χ4v) is 4.28. The molecule has 200 valence electrons. The lowest BCUT2D eigenvalue weighted by Crippen LogP contribution is -2.38. The van der Waals surface area contributed by atoms with E-state index in [1.165, 1.54) is 23.3 Å². The van der Waals surface area contributed by atoms with Crippen molar-refractivity contribution in [1.29, 1.82) is 0 Å². The second-order valence-corrected chi connectivity index (χ2v) is 9.26. The molecule has 37 heavy (non-hydrogen) atoms. The number of ether oxygens (including phenoxy) is 1. The maximum atomic E-state index is 13.4. The average Bonchev–Trinajstić information content (AvgIpc) is 2.84. The topological polar surface area (TPSA) is 93.4 Å². The van der Waals surface area contributed by atoms with Crippen molar-refractivity contribution in [3.05, 3.63) is 76.7 Å². The summed E-state index contributed by atoms with van der Waals surface area (Å²) in [6, 6.07) is 13.8. The third kappa shape index (κ3) is 6.89. The van der Waals surface area contributed by atoms with E-state index < -0.39 is 12.0 Å². The SMILES string of the molecule is Cc1nc(Nc2ccc(F)cc2)nc(N2CCc3ccccc3C2C)c1COC(=O)[C@@H](N)C(C)C.Cl.Cl. The van der Waals surface area contributed by atoms with Gasteiger partial charge >= 0.3 is 5.97 Å². The minimum absolute atomic E-state index is 0. The number of nitrogens with zero attached hydrogens (tertiary/aromatic N) is 3. The molecular weight excluding hydrogens is 516 g/mol. The van der Waals surface area contributed by atoms with Crippen LogP contribution in [0.2, 0.25) is 0 Å². The van der Waals surface area contributed by atoms with Gasteiger partial charge in [-0.05, 0) is 61.6 Å². The number of nitrogens with two attached hydrogens (primary N) is 1. The van der Waals surface area contributed by atoms with Gasteiger partial charge in [-0.3, -0.25) is 4.79 Å². The van der Waals surface area contributed by atoms with Crippen molar-refractivity contribution in [2.24, 2.45) is 11.7 Å². The van der Waals surface area contributed by atoms with Crippen molar-refractivity contribution >= 4 is 48.2 Å². The van der Waals surface area contributed by atoms with E-state index in [1.807, 2.05) is 26.8 Å². The lowest BCUT2D eigenvalue weighted by molar-refractivity contribution is -0.147. The number of esters is 1. The summed E-state index contributed by atoms with van der Waals surface area (Å²) in [7, 11) is 0. The van der Waals surface area contributed by atoms with E-state index in [0.717, 1.165) is 18.5 Å². The molecule has 3 N–H and O–H groups in total. The lowest BCUT2D eigenvalue weighted by Gasteiger charge is -2.37. The Kier molecular flexibility index (Phi) is 10.7. The van der Waals surface area contributed by atoms with Crippen molar-refractivity contribution in [1.82, 2.24) is 9.97 Å². The van der Waals surface area contributed by atoms with Gasteiger partial charge in [-0.25, -0.2) is 9.37 Å². The summed E-state index contributed by atoms with van der Waals surface area (Å²) in [6.07, 6.45) is 0.877. The number of fused-ring (bicyclic) bond motifs is 1. The summed E-state index contributed by atoms with van der Waals surface area (Å²) < 4.78 is 19.0. The molecule has 0 spiro atoms. The highest BCUT2D eigenvalue weighted by Gasteiger charge is 2.29. The molecule has 1 aliphatic heterocycles. The third-order valence-corrected chi connectivity index (χ3v) is 6.51. The average molecular weight is 551 g/mol. The summed E-state index contributed by atoms with van der Waals surface area (Å²) in [6.45, 7) is 8.57. The largest absolute Gasteiger partial charge is 0.459 e. The first-order chi connectivity index (χ1) is 16.7. The van der Waals surface area contributed by atoms with Gasteiger partial charge < -0.3 is 20.7 Å². The molecule has 0 radical (unpaired) electrons. The van der Waals surface area contributed by atoms with Gasteiger partial charge in [-0.1, -0.05) is 38.1 Å². The summed E-state index contributed by atoms with van der Waals surface area (Å²) in [5, 5.41) is 3.17. The quantitative estimate of drug-likeness (QED) is 0.367. The molecule has 1 aromatic heterocycles. The van der Waals surface area contributed by atoms with E-state index in [4.69, 9.17) is 15.5 Å². The Bertz CT molecular complexity index is 1210. The van der Waals surface area contributed by atoms with E-state index in [1.54, 1.807) is 12.1 Å². The standard InChI is InChI=1S/C27H32FN5O2.2ClH/c1-16(2)24(29)26(34)35-15-23-17(3)30-27(31-21-11-9-20(28)10-12-21)32-25(23)33-14-13-19-7-5-6-8-22(19)18(33)4;;/h5-12,16,18,24H,13-15,29H2,1-4H3,(H,30,31,32);2*1H/t18?,24-;;/m0../s1. The molecule has 1 aliphatic rings. The van der Waals surface area contributed by atoms with Crippen LogP contribution >= 0.6 is 24.8 Å². The predicted octanol–water partition coefficient (Wildman–Crippen LogP) is 5.66. The van der Waals surface area contributed by atoms with Crippen LogP contribution in [0.15, 0.2) is 48.5 Å². The summed E-state index contributed by atoms with van der Waals surface area (Å²) in [5.41, 5.74) is 10.7. The van der Waals surface area contributed by atoms with Crippen LogP contribution in [0.3, 0.4) is 0 Å². The van der Waals surface area contributed by atoms with Crippen LogP contribution in [-0.2, 0) is 22.6 Å². The molecule has 0 saturated heterocycles. The van der Waals surface area contributed by atoms with E-state index >= 15 is 0 Å². The first-order valence-electron chi connectivity index (χ1n) is 11.9. The number of rotatable bonds is 7. The number of aromatic nitrogens is 2. The van der Waals surface area contributed by atoms with E-state index in [-0.39, 0.29) is 49.2 Å². The Balaban J connectivity index is 0.00000241. The van der Waals surface area contributed by atoms with Gasteiger partial charge in [-0.15, -0.1) is 24.8 Å². The van der Waals surface area contributed by atoms with Gasteiger partial charge in [0, 0.05) is 12.2 Å². The van der Waals surface area contributed by atoms with Crippen LogP contribution in [0.25, 0.3) is 0 Å². The van der Waals surface area contributed by atoms with Crippen LogP contribution in [-0.4, -0.2) is 28.5 Å². The summed E-state index contributed by atoms with van der Waals surface area (Å²) in [5.74, 6) is 0.307. The molecule has 3 aromatic rings. The third-order valence-electron chi connectivity index (χ3n) is 6.51. The van der Waals surface area contributed by atoms with Gasteiger partial charge in [-0.2, -0.15) is 4.98 Å². The highest BCUT2D eigenvalue weighted by molar-refractivity contribution is 5.85. The smallest absolute Gasteiger partial charge is 0.323 e. The first-order valence-corrected chi connectivity index (χ1v) is 11.9.